The van der Waals surface area contributed by atoms with Crippen molar-refractivity contribution in [2.24, 2.45) is 0 Å². The molecule has 4 heteroatoms. The smallest absolute Gasteiger partial charge is 0.134 e. The molecule has 1 aromatic rings. The molecule has 0 spiro atoms. The molecule has 0 aromatic carbocycles. The van der Waals surface area contributed by atoms with E-state index in [0.29, 0.717) is 5.82 Å². The number of hydrogen-bond acceptors (Lipinski definition) is 4. The van der Waals surface area contributed by atoms with Crippen molar-refractivity contribution in [2.75, 3.05) is 18.6 Å². The van der Waals surface area contributed by atoms with E-state index in [1.807, 2.05) is 24.9 Å². The molecule has 15 heavy (non-hydrogen) atoms. The van der Waals surface area contributed by atoms with Gasteiger partial charge in [0, 0.05) is 18.8 Å². The summed E-state index contributed by atoms with van der Waals surface area (Å²) >= 11 is 0. The van der Waals surface area contributed by atoms with Gasteiger partial charge in [-0.25, -0.2) is 4.98 Å². The normalized spacial score (nSPS) is 14.7. The molecule has 0 aliphatic heterocycles. The van der Waals surface area contributed by atoms with Gasteiger partial charge in [-0.15, -0.1) is 0 Å². The van der Waals surface area contributed by atoms with E-state index in [4.69, 9.17) is 5.11 Å². The summed E-state index contributed by atoms with van der Waals surface area (Å²) in [5.74, 6) is 0.717. The fraction of sp³-hybridized carbons (Fsp3) is 0.545. The molecule has 84 valence electrons. The van der Waals surface area contributed by atoms with Gasteiger partial charge in [0.15, 0.2) is 0 Å². The third-order valence-electron chi connectivity index (χ3n) is 2.53. The van der Waals surface area contributed by atoms with Gasteiger partial charge in [-0.1, -0.05) is 6.07 Å². The number of hydrogen-bond donors (Lipinski definition) is 2. The topological polar surface area (TPSA) is 56.6 Å². The van der Waals surface area contributed by atoms with Crippen LogP contribution in [0.4, 0.5) is 5.82 Å². The Morgan fingerprint density at radius 1 is 1.47 bits per heavy atom. The molecular formula is C11H18N2O2. The minimum atomic E-state index is -0.554. The number of pyridine rings is 1. The van der Waals surface area contributed by atoms with E-state index in [2.05, 4.69) is 4.98 Å². The summed E-state index contributed by atoms with van der Waals surface area (Å²) < 4.78 is 0. The summed E-state index contributed by atoms with van der Waals surface area (Å²) in [7, 11) is 1.86. The largest absolute Gasteiger partial charge is 0.394 e. The van der Waals surface area contributed by atoms with Crippen LogP contribution in [0.15, 0.2) is 18.3 Å². The van der Waals surface area contributed by atoms with Crippen LogP contribution in [0, 0.1) is 0 Å². The Hall–Kier alpha value is -1.13. The summed E-state index contributed by atoms with van der Waals surface area (Å²) in [6.45, 7) is 3.67. The Bertz CT molecular complexity index is 315. The first-order valence-corrected chi connectivity index (χ1v) is 5.04. The molecule has 1 heterocycles. The molecule has 0 aliphatic rings. The number of likely N-dealkylation sites (N-methyl/N-ethyl adjacent to an activating group) is 1. The van der Waals surface area contributed by atoms with Crippen LogP contribution in [0.3, 0.4) is 0 Å². The number of aliphatic hydroxyl groups excluding tert-OH is 2. The summed E-state index contributed by atoms with van der Waals surface area (Å²) in [4.78, 5) is 6.09. The minimum absolute atomic E-state index is 0.0163. The Morgan fingerprint density at radius 3 is 2.67 bits per heavy atom. The number of anilines is 1. The molecule has 0 bridgehead atoms. The van der Waals surface area contributed by atoms with E-state index >= 15 is 0 Å². The minimum Gasteiger partial charge on any atom is -0.394 e. The van der Waals surface area contributed by atoms with Crippen LogP contribution in [-0.2, 0) is 0 Å². The molecule has 1 aromatic heterocycles. The van der Waals surface area contributed by atoms with E-state index in [1.54, 1.807) is 19.2 Å². The fourth-order valence-electron chi connectivity index (χ4n) is 1.36. The summed E-state index contributed by atoms with van der Waals surface area (Å²) in [6.07, 6.45) is 1.13. The molecule has 1 rings (SSSR count). The third kappa shape index (κ3) is 2.67. The molecule has 0 fully saturated rings. The first kappa shape index (κ1) is 11.9. The van der Waals surface area contributed by atoms with Crippen LogP contribution in [-0.4, -0.2) is 34.9 Å². The second-order valence-electron chi connectivity index (χ2n) is 3.73. The molecule has 0 saturated heterocycles. The summed E-state index contributed by atoms with van der Waals surface area (Å²) in [5, 5.41) is 18.6. The first-order chi connectivity index (χ1) is 7.07. The monoisotopic (exact) mass is 210 g/mol. The van der Waals surface area contributed by atoms with Gasteiger partial charge < -0.3 is 15.1 Å². The van der Waals surface area contributed by atoms with Crippen molar-refractivity contribution in [1.82, 2.24) is 4.98 Å². The maximum Gasteiger partial charge on any atom is 0.134 e. The van der Waals surface area contributed by atoms with Crippen LogP contribution >= 0.6 is 0 Å². The Morgan fingerprint density at radius 2 is 2.13 bits per heavy atom. The fourth-order valence-corrected chi connectivity index (χ4v) is 1.36. The van der Waals surface area contributed by atoms with E-state index < -0.39 is 6.10 Å². The third-order valence-corrected chi connectivity index (χ3v) is 2.53. The van der Waals surface area contributed by atoms with E-state index in [9.17, 15) is 5.11 Å². The number of aromatic nitrogens is 1. The van der Waals surface area contributed by atoms with Crippen LogP contribution in [0.1, 0.15) is 25.5 Å². The van der Waals surface area contributed by atoms with Gasteiger partial charge in [-0.2, -0.15) is 0 Å². The Balaban J connectivity index is 3.02. The van der Waals surface area contributed by atoms with Gasteiger partial charge in [0.1, 0.15) is 5.82 Å². The van der Waals surface area contributed by atoms with E-state index in [-0.39, 0.29) is 12.6 Å². The van der Waals surface area contributed by atoms with Crippen molar-refractivity contribution in [1.29, 1.82) is 0 Å². The molecule has 0 amide bonds. The molecule has 4 nitrogen and oxygen atoms in total. The van der Waals surface area contributed by atoms with Crippen LogP contribution in [0.2, 0.25) is 0 Å². The predicted octanol–water partition coefficient (Wildman–Crippen LogP) is 0.952. The zero-order valence-electron chi connectivity index (χ0n) is 9.38. The van der Waals surface area contributed by atoms with E-state index in [1.165, 1.54) is 0 Å². The van der Waals surface area contributed by atoms with Crippen LogP contribution in [0.5, 0.6) is 0 Å². The highest BCUT2D eigenvalue weighted by molar-refractivity contribution is 5.47. The van der Waals surface area contributed by atoms with E-state index in [0.717, 1.165) is 5.56 Å². The second-order valence-corrected chi connectivity index (χ2v) is 3.73. The Kier molecular flexibility index (Phi) is 4.05. The van der Waals surface area contributed by atoms with Crippen molar-refractivity contribution in [2.45, 2.75) is 26.0 Å². The standard InChI is InChI=1S/C11H18N2O2/c1-8(7-14)13(3)11-10(9(2)15)5-4-6-12-11/h4-6,8-9,14-15H,7H2,1-3H3/t8?,9-/m1/s1. The maximum absolute atomic E-state index is 9.58. The SMILES string of the molecule is CC(CO)N(C)c1ncccc1[C@@H](C)O. The lowest BCUT2D eigenvalue weighted by Gasteiger charge is -2.26. The first-order valence-electron chi connectivity index (χ1n) is 5.04. The van der Waals surface area contributed by atoms with Crippen molar-refractivity contribution >= 4 is 5.82 Å². The highest BCUT2D eigenvalue weighted by Crippen LogP contribution is 2.23. The molecule has 1 unspecified atom stereocenters. The van der Waals surface area contributed by atoms with Gasteiger partial charge in [0.25, 0.3) is 0 Å². The quantitative estimate of drug-likeness (QED) is 0.777. The number of nitrogens with zero attached hydrogens (tertiary/aromatic N) is 2. The van der Waals surface area contributed by atoms with Crippen molar-refractivity contribution in [3.63, 3.8) is 0 Å². The second kappa shape index (κ2) is 5.09. The van der Waals surface area contributed by atoms with Crippen LogP contribution in [0.25, 0.3) is 0 Å². The molecule has 2 N–H and O–H groups in total. The zero-order valence-corrected chi connectivity index (χ0v) is 9.38. The molecular weight excluding hydrogens is 192 g/mol. The summed E-state index contributed by atoms with van der Waals surface area (Å²) in [6, 6.07) is 3.62. The van der Waals surface area contributed by atoms with Crippen molar-refractivity contribution < 1.29 is 10.2 Å². The lowest BCUT2D eigenvalue weighted by Crippen LogP contribution is -2.33. The molecule has 0 radical (unpaired) electrons. The van der Waals surface area contributed by atoms with Gasteiger partial charge in [0.05, 0.1) is 18.8 Å². The molecule has 0 saturated carbocycles. The molecule has 2 atom stereocenters. The number of rotatable bonds is 4. The van der Waals surface area contributed by atoms with Crippen LogP contribution < -0.4 is 4.90 Å². The number of aliphatic hydroxyl groups is 2. The maximum atomic E-state index is 9.58. The lowest BCUT2D eigenvalue weighted by atomic mass is 10.1. The van der Waals surface area contributed by atoms with Gasteiger partial charge in [-0.3, -0.25) is 0 Å². The summed E-state index contributed by atoms with van der Waals surface area (Å²) in [5.41, 5.74) is 0.778. The van der Waals surface area contributed by atoms with Gasteiger partial charge >= 0.3 is 0 Å². The lowest BCUT2D eigenvalue weighted by molar-refractivity contribution is 0.198. The van der Waals surface area contributed by atoms with Crippen molar-refractivity contribution in [3.8, 4) is 0 Å². The Labute approximate surface area is 90.2 Å². The van der Waals surface area contributed by atoms with Crippen molar-refractivity contribution in [3.05, 3.63) is 23.9 Å². The zero-order chi connectivity index (χ0) is 11.4. The van der Waals surface area contributed by atoms with Gasteiger partial charge in [0.2, 0.25) is 0 Å². The average Bonchev–Trinajstić information content (AvgIpc) is 2.27. The highest BCUT2D eigenvalue weighted by atomic mass is 16.3. The predicted molar refractivity (Wildman–Crippen MR) is 59.8 cm³/mol. The molecule has 0 aliphatic carbocycles. The highest BCUT2D eigenvalue weighted by Gasteiger charge is 2.16. The average molecular weight is 210 g/mol. The van der Waals surface area contributed by atoms with Gasteiger partial charge in [-0.05, 0) is 19.9 Å².